The quantitative estimate of drug-likeness (QED) is 0.569. The van der Waals surface area contributed by atoms with Gasteiger partial charge >= 0.3 is 0 Å². The Bertz CT molecular complexity index is 805. The first kappa shape index (κ1) is 15.4. The number of ether oxygens (including phenoxy) is 1. The standard InChI is InChI=1S/C20H16ClNOS/c21-15-9-11-16(12-10-15)23-14-13-22-17-5-1-3-7-19(17)24-20-8-4-2-6-18(20)22/h1-12H,13-14H2. The van der Waals surface area contributed by atoms with Gasteiger partial charge in [-0.05, 0) is 48.5 Å². The lowest BCUT2D eigenvalue weighted by Crippen LogP contribution is -2.26. The van der Waals surface area contributed by atoms with E-state index in [9.17, 15) is 0 Å². The summed E-state index contributed by atoms with van der Waals surface area (Å²) in [4.78, 5) is 4.89. The van der Waals surface area contributed by atoms with Gasteiger partial charge in [-0.1, -0.05) is 47.6 Å². The normalized spacial score (nSPS) is 12.5. The predicted molar refractivity (Wildman–Crippen MR) is 101 cm³/mol. The number of hydrogen-bond acceptors (Lipinski definition) is 3. The molecule has 0 spiro atoms. The molecule has 1 heterocycles. The van der Waals surface area contributed by atoms with Crippen LogP contribution in [0.25, 0.3) is 0 Å². The van der Waals surface area contributed by atoms with E-state index >= 15 is 0 Å². The Hall–Kier alpha value is -2.10. The van der Waals surface area contributed by atoms with Crippen LogP contribution < -0.4 is 9.64 Å². The van der Waals surface area contributed by atoms with E-state index < -0.39 is 0 Å². The Labute approximate surface area is 151 Å². The van der Waals surface area contributed by atoms with Crippen molar-refractivity contribution in [3.05, 3.63) is 77.8 Å². The number of benzene rings is 3. The minimum Gasteiger partial charge on any atom is -0.492 e. The highest BCUT2D eigenvalue weighted by Gasteiger charge is 2.22. The van der Waals surface area contributed by atoms with Gasteiger partial charge in [0.15, 0.2) is 0 Å². The lowest BCUT2D eigenvalue weighted by molar-refractivity contribution is 0.327. The third-order valence-corrected chi connectivity index (χ3v) is 5.31. The topological polar surface area (TPSA) is 12.5 Å². The summed E-state index contributed by atoms with van der Waals surface area (Å²) in [6.45, 7) is 1.40. The summed E-state index contributed by atoms with van der Waals surface area (Å²) in [6.07, 6.45) is 0. The van der Waals surface area contributed by atoms with Crippen LogP contribution in [0.3, 0.4) is 0 Å². The molecule has 0 bridgehead atoms. The SMILES string of the molecule is Clc1ccc(OCCN2c3ccccc3Sc3ccccc32)cc1. The van der Waals surface area contributed by atoms with Crippen LogP contribution in [0.5, 0.6) is 5.75 Å². The van der Waals surface area contributed by atoms with Crippen molar-refractivity contribution in [2.24, 2.45) is 0 Å². The molecular formula is C20H16ClNOS. The van der Waals surface area contributed by atoms with E-state index in [-0.39, 0.29) is 0 Å². The van der Waals surface area contributed by atoms with Crippen molar-refractivity contribution >= 4 is 34.7 Å². The Morgan fingerprint density at radius 2 is 1.38 bits per heavy atom. The highest BCUT2D eigenvalue weighted by Crippen LogP contribution is 2.47. The average Bonchev–Trinajstić information content (AvgIpc) is 2.63. The lowest BCUT2D eigenvalue weighted by Gasteiger charge is -2.32. The third-order valence-electron chi connectivity index (χ3n) is 3.93. The Kier molecular flexibility index (Phi) is 4.37. The number of anilines is 2. The molecule has 0 unspecified atom stereocenters. The van der Waals surface area contributed by atoms with E-state index in [1.165, 1.54) is 21.2 Å². The largest absolute Gasteiger partial charge is 0.492 e. The molecule has 0 atom stereocenters. The van der Waals surface area contributed by atoms with Crippen molar-refractivity contribution in [3.63, 3.8) is 0 Å². The van der Waals surface area contributed by atoms with Crippen LogP contribution in [0.2, 0.25) is 5.02 Å². The number of rotatable bonds is 4. The molecule has 0 fully saturated rings. The zero-order valence-electron chi connectivity index (χ0n) is 13.0. The van der Waals surface area contributed by atoms with Crippen LogP contribution in [0.4, 0.5) is 11.4 Å². The van der Waals surface area contributed by atoms with Crippen LogP contribution in [-0.2, 0) is 0 Å². The van der Waals surface area contributed by atoms with Gasteiger partial charge in [0, 0.05) is 14.8 Å². The van der Waals surface area contributed by atoms with Crippen LogP contribution in [0.1, 0.15) is 0 Å². The molecule has 0 radical (unpaired) electrons. The van der Waals surface area contributed by atoms with E-state index in [2.05, 4.69) is 53.4 Å². The molecule has 1 aliphatic rings. The van der Waals surface area contributed by atoms with Crippen LogP contribution in [0, 0.1) is 0 Å². The van der Waals surface area contributed by atoms with Gasteiger partial charge in [-0.25, -0.2) is 0 Å². The fourth-order valence-electron chi connectivity index (χ4n) is 2.81. The summed E-state index contributed by atoms with van der Waals surface area (Å²) >= 11 is 7.73. The molecule has 2 nitrogen and oxygen atoms in total. The monoisotopic (exact) mass is 353 g/mol. The number of nitrogens with zero attached hydrogens (tertiary/aromatic N) is 1. The second-order valence-corrected chi connectivity index (χ2v) is 7.01. The predicted octanol–water partition coefficient (Wildman–Crippen LogP) is 6.02. The van der Waals surface area contributed by atoms with Crippen molar-refractivity contribution in [1.82, 2.24) is 0 Å². The summed E-state index contributed by atoms with van der Waals surface area (Å²) in [5.41, 5.74) is 2.47. The molecule has 24 heavy (non-hydrogen) atoms. The minimum atomic E-state index is 0.606. The van der Waals surface area contributed by atoms with Crippen molar-refractivity contribution in [3.8, 4) is 5.75 Å². The molecule has 3 aromatic carbocycles. The van der Waals surface area contributed by atoms with E-state index in [0.717, 1.165) is 17.3 Å². The summed E-state index contributed by atoms with van der Waals surface area (Å²) in [5, 5.41) is 0.721. The third kappa shape index (κ3) is 3.10. The maximum absolute atomic E-state index is 5.91. The number of hydrogen-bond donors (Lipinski definition) is 0. The van der Waals surface area contributed by atoms with Crippen LogP contribution in [-0.4, -0.2) is 13.2 Å². The molecule has 0 aliphatic carbocycles. The molecule has 120 valence electrons. The average molecular weight is 354 g/mol. The van der Waals surface area contributed by atoms with Gasteiger partial charge in [-0.3, -0.25) is 0 Å². The first-order valence-electron chi connectivity index (χ1n) is 7.83. The van der Waals surface area contributed by atoms with E-state index in [1.807, 2.05) is 36.0 Å². The molecule has 0 N–H and O–H groups in total. The molecule has 3 aromatic rings. The van der Waals surface area contributed by atoms with Crippen molar-refractivity contribution in [2.75, 3.05) is 18.1 Å². The van der Waals surface area contributed by atoms with Gasteiger partial charge in [0.1, 0.15) is 12.4 Å². The van der Waals surface area contributed by atoms with Gasteiger partial charge in [0.25, 0.3) is 0 Å². The van der Waals surface area contributed by atoms with Crippen molar-refractivity contribution < 1.29 is 4.74 Å². The smallest absolute Gasteiger partial charge is 0.119 e. The zero-order valence-corrected chi connectivity index (χ0v) is 14.6. The Morgan fingerprint density at radius 1 is 0.792 bits per heavy atom. The first-order valence-corrected chi connectivity index (χ1v) is 9.02. The number of para-hydroxylation sites is 2. The zero-order chi connectivity index (χ0) is 16.4. The molecule has 0 aromatic heterocycles. The fourth-order valence-corrected chi connectivity index (χ4v) is 4.03. The van der Waals surface area contributed by atoms with Gasteiger partial charge in [0.05, 0.1) is 17.9 Å². The van der Waals surface area contributed by atoms with E-state index in [4.69, 9.17) is 16.3 Å². The van der Waals surface area contributed by atoms with Crippen LogP contribution in [0.15, 0.2) is 82.6 Å². The summed E-state index contributed by atoms with van der Waals surface area (Å²) in [7, 11) is 0. The maximum Gasteiger partial charge on any atom is 0.119 e. The van der Waals surface area contributed by atoms with Gasteiger partial charge in [0.2, 0.25) is 0 Å². The van der Waals surface area contributed by atoms with Gasteiger partial charge in [-0.2, -0.15) is 0 Å². The Morgan fingerprint density at radius 3 is 2.00 bits per heavy atom. The number of fused-ring (bicyclic) bond motifs is 2. The van der Waals surface area contributed by atoms with E-state index in [1.54, 1.807) is 0 Å². The van der Waals surface area contributed by atoms with Gasteiger partial charge in [-0.15, -0.1) is 0 Å². The molecule has 0 saturated heterocycles. The highest BCUT2D eigenvalue weighted by atomic mass is 35.5. The second kappa shape index (κ2) is 6.80. The Balaban J connectivity index is 1.55. The molecule has 0 saturated carbocycles. The number of halogens is 1. The fraction of sp³-hybridized carbons (Fsp3) is 0.100. The lowest BCUT2D eigenvalue weighted by atomic mass is 10.2. The molecule has 4 rings (SSSR count). The maximum atomic E-state index is 5.91. The van der Waals surface area contributed by atoms with Crippen molar-refractivity contribution in [1.29, 1.82) is 0 Å². The van der Waals surface area contributed by atoms with Gasteiger partial charge < -0.3 is 9.64 Å². The summed E-state index contributed by atoms with van der Waals surface area (Å²) < 4.78 is 5.89. The van der Waals surface area contributed by atoms with Crippen molar-refractivity contribution in [2.45, 2.75) is 9.79 Å². The molecule has 4 heteroatoms. The summed E-state index contributed by atoms with van der Waals surface area (Å²) in [6, 6.07) is 24.5. The second-order valence-electron chi connectivity index (χ2n) is 5.49. The molecule has 0 amide bonds. The first-order chi connectivity index (χ1) is 11.8. The van der Waals surface area contributed by atoms with Crippen LogP contribution >= 0.6 is 23.4 Å². The highest BCUT2D eigenvalue weighted by molar-refractivity contribution is 7.99. The minimum absolute atomic E-state index is 0.606. The summed E-state index contributed by atoms with van der Waals surface area (Å²) in [5.74, 6) is 0.840. The van der Waals surface area contributed by atoms with E-state index in [0.29, 0.717) is 6.61 Å². The molecular weight excluding hydrogens is 338 g/mol. The molecule has 1 aliphatic heterocycles.